The minimum absolute atomic E-state index is 0.108. The molecule has 0 amide bonds. The second-order valence-corrected chi connectivity index (χ2v) is 6.51. The van der Waals surface area contributed by atoms with E-state index >= 15 is 0 Å². The van der Waals surface area contributed by atoms with Gasteiger partial charge in [0.05, 0.1) is 11.7 Å². The molecule has 1 atom stereocenters. The van der Waals surface area contributed by atoms with E-state index in [-0.39, 0.29) is 5.60 Å². The van der Waals surface area contributed by atoms with Crippen molar-refractivity contribution in [1.82, 2.24) is 10.2 Å². The SMILES string of the molecule is CCCN(CC1CCC(C)(C)O1)C1CCNCC1. The average molecular weight is 254 g/mol. The number of hydrogen-bond acceptors (Lipinski definition) is 3. The van der Waals surface area contributed by atoms with E-state index in [1.165, 1.54) is 51.7 Å². The molecule has 0 aromatic carbocycles. The maximum Gasteiger partial charge on any atom is 0.0710 e. The van der Waals surface area contributed by atoms with E-state index in [0.29, 0.717) is 6.10 Å². The van der Waals surface area contributed by atoms with Gasteiger partial charge < -0.3 is 10.1 Å². The van der Waals surface area contributed by atoms with Crippen LogP contribution in [0.3, 0.4) is 0 Å². The van der Waals surface area contributed by atoms with Crippen LogP contribution < -0.4 is 5.32 Å². The molecule has 0 radical (unpaired) electrons. The van der Waals surface area contributed by atoms with Gasteiger partial charge in [-0.2, -0.15) is 0 Å². The lowest BCUT2D eigenvalue weighted by molar-refractivity contribution is -0.0354. The first-order valence-corrected chi connectivity index (χ1v) is 7.73. The van der Waals surface area contributed by atoms with Crippen LogP contribution in [0.25, 0.3) is 0 Å². The number of rotatable bonds is 5. The molecular weight excluding hydrogens is 224 g/mol. The van der Waals surface area contributed by atoms with Crippen LogP contribution in [0.2, 0.25) is 0 Å². The Morgan fingerprint density at radius 2 is 1.94 bits per heavy atom. The molecule has 2 aliphatic rings. The van der Waals surface area contributed by atoms with E-state index < -0.39 is 0 Å². The lowest BCUT2D eigenvalue weighted by atomic mass is 10.0. The van der Waals surface area contributed by atoms with Crippen molar-refractivity contribution in [3.8, 4) is 0 Å². The van der Waals surface area contributed by atoms with Crippen LogP contribution in [-0.4, -0.2) is 48.8 Å². The predicted octanol–water partition coefficient (Wildman–Crippen LogP) is 2.41. The summed E-state index contributed by atoms with van der Waals surface area (Å²) in [4.78, 5) is 2.69. The van der Waals surface area contributed by atoms with E-state index in [1.54, 1.807) is 0 Å². The zero-order chi connectivity index (χ0) is 13.0. The van der Waals surface area contributed by atoms with Crippen LogP contribution in [0, 0.1) is 0 Å². The highest BCUT2D eigenvalue weighted by atomic mass is 16.5. The standard InChI is InChI=1S/C15H30N2O/c1-4-11-17(13-6-9-16-10-7-13)12-14-5-8-15(2,3)18-14/h13-14,16H,4-12H2,1-3H3. The molecule has 1 unspecified atom stereocenters. The molecule has 0 aromatic heterocycles. The van der Waals surface area contributed by atoms with Gasteiger partial charge in [-0.1, -0.05) is 6.92 Å². The predicted molar refractivity (Wildman–Crippen MR) is 75.9 cm³/mol. The molecule has 18 heavy (non-hydrogen) atoms. The monoisotopic (exact) mass is 254 g/mol. The van der Waals surface area contributed by atoms with Gasteiger partial charge in [-0.25, -0.2) is 0 Å². The fourth-order valence-electron chi connectivity index (χ4n) is 3.35. The van der Waals surface area contributed by atoms with Crippen molar-refractivity contribution >= 4 is 0 Å². The van der Waals surface area contributed by atoms with Crippen molar-refractivity contribution < 1.29 is 4.74 Å². The zero-order valence-corrected chi connectivity index (χ0v) is 12.4. The second kappa shape index (κ2) is 6.36. The van der Waals surface area contributed by atoms with Gasteiger partial charge in [0.15, 0.2) is 0 Å². The summed E-state index contributed by atoms with van der Waals surface area (Å²) in [6, 6.07) is 0.776. The Balaban J connectivity index is 1.85. The van der Waals surface area contributed by atoms with E-state index in [2.05, 4.69) is 31.0 Å². The van der Waals surface area contributed by atoms with E-state index in [9.17, 15) is 0 Å². The molecule has 0 bridgehead atoms. The number of piperidine rings is 1. The van der Waals surface area contributed by atoms with E-state index in [0.717, 1.165) is 12.6 Å². The largest absolute Gasteiger partial charge is 0.371 e. The molecule has 1 N–H and O–H groups in total. The Bertz CT molecular complexity index is 249. The van der Waals surface area contributed by atoms with Crippen molar-refractivity contribution in [3.63, 3.8) is 0 Å². The van der Waals surface area contributed by atoms with Gasteiger partial charge in [-0.05, 0) is 65.6 Å². The van der Waals surface area contributed by atoms with Crippen LogP contribution in [-0.2, 0) is 4.74 Å². The Labute approximate surface area is 112 Å². The van der Waals surface area contributed by atoms with Crippen molar-refractivity contribution in [2.24, 2.45) is 0 Å². The van der Waals surface area contributed by atoms with Crippen LogP contribution in [0.4, 0.5) is 0 Å². The van der Waals surface area contributed by atoms with Gasteiger partial charge in [0.2, 0.25) is 0 Å². The topological polar surface area (TPSA) is 24.5 Å². The highest BCUT2D eigenvalue weighted by molar-refractivity contribution is 4.85. The molecule has 0 saturated carbocycles. The molecule has 0 aromatic rings. The Morgan fingerprint density at radius 1 is 1.22 bits per heavy atom. The number of nitrogens with zero attached hydrogens (tertiary/aromatic N) is 1. The molecule has 106 valence electrons. The van der Waals surface area contributed by atoms with E-state index in [4.69, 9.17) is 4.74 Å². The van der Waals surface area contributed by atoms with Gasteiger partial charge in [-0.15, -0.1) is 0 Å². The summed E-state index contributed by atoms with van der Waals surface area (Å²) >= 11 is 0. The summed E-state index contributed by atoms with van der Waals surface area (Å²) in [5, 5.41) is 3.46. The number of hydrogen-bond donors (Lipinski definition) is 1. The molecule has 2 rings (SSSR count). The summed E-state index contributed by atoms with van der Waals surface area (Å²) in [6.45, 7) is 11.5. The Kier molecular flexibility index (Phi) is 5.05. The van der Waals surface area contributed by atoms with Gasteiger partial charge in [0.25, 0.3) is 0 Å². The fraction of sp³-hybridized carbons (Fsp3) is 1.00. The first kappa shape index (κ1) is 14.3. The lowest BCUT2D eigenvalue weighted by Crippen LogP contribution is -2.46. The summed E-state index contributed by atoms with van der Waals surface area (Å²) in [5.41, 5.74) is 0.108. The average Bonchev–Trinajstić information content (AvgIpc) is 2.69. The molecule has 2 aliphatic heterocycles. The zero-order valence-electron chi connectivity index (χ0n) is 12.4. The summed E-state index contributed by atoms with van der Waals surface area (Å²) in [6.07, 6.45) is 6.76. The number of nitrogens with one attached hydrogen (secondary N) is 1. The quantitative estimate of drug-likeness (QED) is 0.815. The summed E-state index contributed by atoms with van der Waals surface area (Å²) in [5.74, 6) is 0. The van der Waals surface area contributed by atoms with Crippen LogP contribution in [0.15, 0.2) is 0 Å². The molecule has 0 spiro atoms. The Hall–Kier alpha value is -0.120. The molecule has 3 nitrogen and oxygen atoms in total. The lowest BCUT2D eigenvalue weighted by Gasteiger charge is -2.36. The molecule has 2 heterocycles. The molecular formula is C15H30N2O. The summed E-state index contributed by atoms with van der Waals surface area (Å²) < 4.78 is 6.16. The van der Waals surface area contributed by atoms with Gasteiger partial charge in [-0.3, -0.25) is 4.90 Å². The van der Waals surface area contributed by atoms with Crippen molar-refractivity contribution in [2.75, 3.05) is 26.2 Å². The summed E-state index contributed by atoms with van der Waals surface area (Å²) in [7, 11) is 0. The van der Waals surface area contributed by atoms with Crippen molar-refractivity contribution in [3.05, 3.63) is 0 Å². The molecule has 0 aliphatic carbocycles. The van der Waals surface area contributed by atoms with Gasteiger partial charge in [0, 0.05) is 12.6 Å². The molecule has 2 fully saturated rings. The van der Waals surface area contributed by atoms with Crippen LogP contribution in [0.1, 0.15) is 52.9 Å². The normalized spacial score (nSPS) is 29.0. The van der Waals surface area contributed by atoms with E-state index in [1.807, 2.05) is 0 Å². The third kappa shape index (κ3) is 3.94. The van der Waals surface area contributed by atoms with Crippen LogP contribution in [0.5, 0.6) is 0 Å². The first-order valence-electron chi connectivity index (χ1n) is 7.73. The van der Waals surface area contributed by atoms with Crippen molar-refractivity contribution in [2.45, 2.75) is 70.6 Å². The Morgan fingerprint density at radius 3 is 2.50 bits per heavy atom. The highest BCUT2D eigenvalue weighted by Gasteiger charge is 2.33. The van der Waals surface area contributed by atoms with Gasteiger partial charge in [0.1, 0.15) is 0 Å². The minimum atomic E-state index is 0.108. The second-order valence-electron chi connectivity index (χ2n) is 6.51. The molecule has 2 saturated heterocycles. The van der Waals surface area contributed by atoms with Crippen LogP contribution >= 0.6 is 0 Å². The maximum atomic E-state index is 6.16. The third-order valence-electron chi connectivity index (χ3n) is 4.33. The number of ether oxygens (including phenoxy) is 1. The minimum Gasteiger partial charge on any atom is -0.371 e. The van der Waals surface area contributed by atoms with Gasteiger partial charge >= 0.3 is 0 Å². The van der Waals surface area contributed by atoms with Crippen molar-refractivity contribution in [1.29, 1.82) is 0 Å². The first-order chi connectivity index (χ1) is 8.61. The third-order valence-corrected chi connectivity index (χ3v) is 4.33. The smallest absolute Gasteiger partial charge is 0.0710 e. The maximum absolute atomic E-state index is 6.16. The molecule has 3 heteroatoms. The highest BCUT2D eigenvalue weighted by Crippen LogP contribution is 2.30. The fourth-order valence-corrected chi connectivity index (χ4v) is 3.35.